The van der Waals surface area contributed by atoms with Gasteiger partial charge in [-0.2, -0.15) is 0 Å². The van der Waals surface area contributed by atoms with Crippen molar-refractivity contribution in [2.24, 2.45) is 0 Å². The van der Waals surface area contributed by atoms with Crippen LogP contribution in [-0.2, 0) is 0 Å². The van der Waals surface area contributed by atoms with Crippen molar-refractivity contribution in [3.8, 4) is 22.5 Å². The average Bonchev–Trinajstić information content (AvgIpc) is 3.24. The van der Waals surface area contributed by atoms with Crippen LogP contribution in [0.25, 0.3) is 22.5 Å². The molecule has 29 heavy (non-hydrogen) atoms. The van der Waals surface area contributed by atoms with E-state index in [4.69, 9.17) is 4.52 Å². The summed E-state index contributed by atoms with van der Waals surface area (Å²) >= 11 is 0. The lowest BCUT2D eigenvalue weighted by molar-refractivity contribution is 0.102. The van der Waals surface area contributed by atoms with Crippen molar-refractivity contribution in [1.29, 1.82) is 0 Å². The van der Waals surface area contributed by atoms with Gasteiger partial charge in [-0.1, -0.05) is 29.4 Å². The molecule has 2 heterocycles. The first-order valence-electron chi connectivity index (χ1n) is 8.96. The summed E-state index contributed by atoms with van der Waals surface area (Å²) in [5.74, 6) is 0.592. The maximum Gasteiger partial charge on any atom is 0.256 e. The maximum absolute atomic E-state index is 12.5. The number of halogens is 1. The Bertz CT molecular complexity index is 1120. The molecule has 4 aromatic rings. The monoisotopic (exact) mass is 405 g/mol. The highest BCUT2D eigenvalue weighted by atomic mass is 35.5. The van der Waals surface area contributed by atoms with Crippen molar-refractivity contribution in [3.63, 3.8) is 0 Å². The predicted octanol–water partition coefficient (Wildman–Crippen LogP) is 5.69. The van der Waals surface area contributed by atoms with E-state index in [-0.39, 0.29) is 18.3 Å². The lowest BCUT2D eigenvalue weighted by atomic mass is 9.97. The molecule has 0 bridgehead atoms. The van der Waals surface area contributed by atoms with Crippen LogP contribution >= 0.6 is 12.4 Å². The van der Waals surface area contributed by atoms with Crippen molar-refractivity contribution < 1.29 is 9.32 Å². The lowest BCUT2D eigenvalue weighted by Crippen LogP contribution is -2.13. The summed E-state index contributed by atoms with van der Waals surface area (Å²) in [5.41, 5.74) is 6.52. The maximum atomic E-state index is 12.5. The van der Waals surface area contributed by atoms with E-state index in [0.717, 1.165) is 39.3 Å². The second-order valence-corrected chi connectivity index (χ2v) is 6.63. The molecule has 0 fully saturated rings. The molecule has 1 N–H and O–H groups in total. The van der Waals surface area contributed by atoms with E-state index in [1.165, 1.54) is 0 Å². The van der Waals surface area contributed by atoms with E-state index in [0.29, 0.717) is 5.56 Å². The molecule has 0 aliphatic heterocycles. The van der Waals surface area contributed by atoms with Gasteiger partial charge in [0.2, 0.25) is 0 Å². The molecular formula is C23H20ClN3O2. The minimum atomic E-state index is -0.142. The van der Waals surface area contributed by atoms with Crippen LogP contribution in [-0.4, -0.2) is 16.0 Å². The van der Waals surface area contributed by atoms with Crippen LogP contribution in [0, 0.1) is 13.8 Å². The molecule has 0 aliphatic rings. The Morgan fingerprint density at radius 1 is 0.897 bits per heavy atom. The van der Waals surface area contributed by atoms with Gasteiger partial charge < -0.3 is 9.84 Å². The first-order valence-corrected chi connectivity index (χ1v) is 8.96. The van der Waals surface area contributed by atoms with Gasteiger partial charge in [-0.3, -0.25) is 9.78 Å². The summed E-state index contributed by atoms with van der Waals surface area (Å²) in [6.45, 7) is 3.94. The molecule has 0 radical (unpaired) electrons. The molecule has 0 spiro atoms. The third-order valence-electron chi connectivity index (χ3n) is 4.68. The number of nitrogens with one attached hydrogen (secondary N) is 1. The third-order valence-corrected chi connectivity index (χ3v) is 4.68. The normalized spacial score (nSPS) is 10.3. The zero-order chi connectivity index (χ0) is 19.5. The summed E-state index contributed by atoms with van der Waals surface area (Å²) in [6.07, 6.45) is 4.94. The number of rotatable bonds is 4. The third kappa shape index (κ3) is 4.36. The fourth-order valence-corrected chi connectivity index (χ4v) is 3.11. The summed E-state index contributed by atoms with van der Waals surface area (Å²) in [6, 6.07) is 17.5. The van der Waals surface area contributed by atoms with Gasteiger partial charge >= 0.3 is 0 Å². The summed E-state index contributed by atoms with van der Waals surface area (Å²) in [5, 5.41) is 6.71. The second kappa shape index (κ2) is 8.71. The number of anilines is 1. The van der Waals surface area contributed by atoms with Crippen molar-refractivity contribution in [3.05, 3.63) is 89.9 Å². The molecule has 0 saturated heterocycles. The number of hydrogen-bond acceptors (Lipinski definition) is 4. The van der Waals surface area contributed by atoms with Gasteiger partial charge in [-0.05, 0) is 60.4 Å². The van der Waals surface area contributed by atoms with Gasteiger partial charge in [0.1, 0.15) is 0 Å². The zero-order valence-electron chi connectivity index (χ0n) is 16.0. The van der Waals surface area contributed by atoms with Gasteiger partial charge in [0.05, 0.1) is 6.20 Å². The molecule has 0 saturated carbocycles. The highest BCUT2D eigenvalue weighted by molar-refractivity contribution is 6.05. The summed E-state index contributed by atoms with van der Waals surface area (Å²) < 4.78 is 5.26. The Hall–Kier alpha value is -3.44. The zero-order valence-corrected chi connectivity index (χ0v) is 16.9. The van der Waals surface area contributed by atoms with Crippen LogP contribution in [0.15, 0.2) is 77.7 Å². The minimum absolute atomic E-state index is 0. The molecule has 2 aromatic carbocycles. The van der Waals surface area contributed by atoms with Gasteiger partial charge in [-0.25, -0.2) is 0 Å². The van der Waals surface area contributed by atoms with Crippen LogP contribution in [0.3, 0.4) is 0 Å². The smallest absolute Gasteiger partial charge is 0.256 e. The number of aryl methyl sites for hydroxylation is 2. The largest absolute Gasteiger partial charge is 0.356 e. The van der Waals surface area contributed by atoms with E-state index in [1.54, 1.807) is 24.7 Å². The molecule has 6 heteroatoms. The summed E-state index contributed by atoms with van der Waals surface area (Å²) in [7, 11) is 0. The molecule has 1 amide bonds. The average molecular weight is 406 g/mol. The number of carbonyl (C=O) groups is 1. The molecule has 4 rings (SSSR count). The molecule has 0 unspecified atom stereocenters. The SMILES string of the molecule is Cc1cnccc1C(=O)Nc1ccc(-c2cc(-c3ccno3)ccc2C)cc1.Cl. The Balaban J connectivity index is 0.00000240. The fraction of sp³-hybridized carbons (Fsp3) is 0.0870. The molecular weight excluding hydrogens is 386 g/mol. The van der Waals surface area contributed by atoms with E-state index in [2.05, 4.69) is 34.5 Å². The number of carbonyl (C=O) groups excluding carboxylic acids is 1. The van der Waals surface area contributed by atoms with Crippen molar-refractivity contribution in [2.75, 3.05) is 5.32 Å². The first-order chi connectivity index (χ1) is 13.6. The first kappa shape index (κ1) is 20.3. The van der Waals surface area contributed by atoms with Crippen LogP contribution in [0.2, 0.25) is 0 Å². The van der Waals surface area contributed by atoms with Crippen molar-refractivity contribution in [1.82, 2.24) is 10.1 Å². The number of benzene rings is 2. The number of hydrogen-bond donors (Lipinski definition) is 1. The van der Waals surface area contributed by atoms with Gasteiger partial charge in [0.25, 0.3) is 5.91 Å². The highest BCUT2D eigenvalue weighted by Crippen LogP contribution is 2.30. The Morgan fingerprint density at radius 2 is 1.66 bits per heavy atom. The van der Waals surface area contributed by atoms with Crippen molar-refractivity contribution >= 4 is 24.0 Å². The Kier molecular flexibility index (Phi) is 6.10. The summed E-state index contributed by atoms with van der Waals surface area (Å²) in [4.78, 5) is 16.5. The number of pyridine rings is 1. The predicted molar refractivity (Wildman–Crippen MR) is 116 cm³/mol. The second-order valence-electron chi connectivity index (χ2n) is 6.63. The van der Waals surface area contributed by atoms with Crippen molar-refractivity contribution in [2.45, 2.75) is 13.8 Å². The minimum Gasteiger partial charge on any atom is -0.356 e. The molecule has 146 valence electrons. The van der Waals surface area contributed by atoms with Gasteiger partial charge in [0.15, 0.2) is 5.76 Å². The standard InChI is InChI=1S/C23H19N3O2.ClH/c1-15-3-4-18(22-10-12-25-28-22)13-21(15)17-5-7-19(8-6-17)26-23(27)20-9-11-24-14-16(20)2;/h3-14H,1-2H3,(H,26,27);1H. The van der Waals surface area contributed by atoms with Gasteiger partial charge in [-0.15, -0.1) is 12.4 Å². The molecule has 0 atom stereocenters. The molecule has 5 nitrogen and oxygen atoms in total. The van der Waals surface area contributed by atoms with Crippen LogP contribution < -0.4 is 5.32 Å². The van der Waals surface area contributed by atoms with E-state index in [9.17, 15) is 4.79 Å². The fourth-order valence-electron chi connectivity index (χ4n) is 3.11. The number of amides is 1. The Morgan fingerprint density at radius 3 is 2.34 bits per heavy atom. The van der Waals surface area contributed by atoms with Gasteiger partial charge in [0, 0.05) is 35.3 Å². The number of aromatic nitrogens is 2. The lowest BCUT2D eigenvalue weighted by Gasteiger charge is -2.10. The topological polar surface area (TPSA) is 68.0 Å². The van der Waals surface area contributed by atoms with E-state index < -0.39 is 0 Å². The molecule has 2 aromatic heterocycles. The number of nitrogens with zero attached hydrogens (tertiary/aromatic N) is 2. The quantitative estimate of drug-likeness (QED) is 0.473. The van der Waals surface area contributed by atoms with E-state index >= 15 is 0 Å². The van der Waals surface area contributed by atoms with Crippen LogP contribution in [0.1, 0.15) is 21.5 Å². The van der Waals surface area contributed by atoms with Crippen LogP contribution in [0.5, 0.6) is 0 Å². The van der Waals surface area contributed by atoms with Crippen LogP contribution in [0.4, 0.5) is 5.69 Å². The Labute approximate surface area is 175 Å². The highest BCUT2D eigenvalue weighted by Gasteiger charge is 2.10. The van der Waals surface area contributed by atoms with E-state index in [1.807, 2.05) is 43.3 Å². The molecule has 0 aliphatic carbocycles.